The van der Waals surface area contributed by atoms with Crippen LogP contribution in [0.15, 0.2) is 111 Å². The molecular weight excluding hydrogens is 994 g/mol. The van der Waals surface area contributed by atoms with Crippen molar-refractivity contribution >= 4 is 127 Å². The number of Topliss-reactive ketones (excluding diaryl/α,β-unsaturated/α-hetero) is 2. The van der Waals surface area contributed by atoms with E-state index in [9.17, 15) is 28.8 Å². The predicted molar refractivity (Wildman–Crippen MR) is 269 cm³/mol. The van der Waals surface area contributed by atoms with Gasteiger partial charge in [-0.15, -0.1) is 34.8 Å². The van der Waals surface area contributed by atoms with E-state index in [2.05, 4.69) is 41.7 Å². The van der Waals surface area contributed by atoms with Gasteiger partial charge in [0.15, 0.2) is 11.6 Å². The quantitative estimate of drug-likeness (QED) is 0.0353. The van der Waals surface area contributed by atoms with Gasteiger partial charge in [0.1, 0.15) is 22.9 Å². The van der Waals surface area contributed by atoms with Crippen molar-refractivity contribution in [2.45, 2.75) is 62.8 Å². The van der Waals surface area contributed by atoms with Gasteiger partial charge < -0.3 is 30.7 Å². The third kappa shape index (κ3) is 14.1. The van der Waals surface area contributed by atoms with Gasteiger partial charge in [-0.2, -0.15) is 20.5 Å². The van der Waals surface area contributed by atoms with Crippen molar-refractivity contribution in [3.05, 3.63) is 129 Å². The molecule has 4 N–H and O–H groups in total. The summed E-state index contributed by atoms with van der Waals surface area (Å²) in [7, 11) is 3.03. The summed E-state index contributed by atoms with van der Waals surface area (Å²) in [5, 5.41) is 25.5. The van der Waals surface area contributed by atoms with Crippen LogP contribution in [0.3, 0.4) is 0 Å². The molecule has 360 valence electrons. The zero-order valence-electron chi connectivity index (χ0n) is 38.0. The van der Waals surface area contributed by atoms with E-state index in [1.807, 2.05) is 0 Å². The van der Waals surface area contributed by atoms with Gasteiger partial charge in [-0.1, -0.05) is 23.2 Å². The molecule has 0 bridgehead atoms. The molecule has 21 heteroatoms. The molecule has 5 aromatic carbocycles. The third-order valence-electron chi connectivity index (χ3n) is 10.1. The number of nitrogens with zero attached hydrogens (tertiary/aromatic N) is 4. The molecule has 5 atom stereocenters. The maximum absolute atomic E-state index is 13.6. The number of anilines is 4. The number of nitrogens with one attached hydrogen (secondary N) is 4. The second kappa shape index (κ2) is 24.2. The van der Waals surface area contributed by atoms with Gasteiger partial charge >= 0.3 is 0 Å². The summed E-state index contributed by atoms with van der Waals surface area (Å²) < 4.78 is 10.7. The molecule has 4 amide bonds. The molecule has 0 aliphatic heterocycles. The summed E-state index contributed by atoms with van der Waals surface area (Å²) in [6, 6.07) is 19.5. The van der Waals surface area contributed by atoms with Crippen molar-refractivity contribution in [3.63, 3.8) is 0 Å². The van der Waals surface area contributed by atoms with Crippen LogP contribution in [-0.4, -0.2) is 61.5 Å². The van der Waals surface area contributed by atoms with E-state index < -0.39 is 63.4 Å². The van der Waals surface area contributed by atoms with Crippen LogP contribution >= 0.6 is 58.0 Å². The van der Waals surface area contributed by atoms with E-state index in [1.165, 1.54) is 68.8 Å². The number of hydrogen-bond donors (Lipinski definition) is 4. The third-order valence-corrected chi connectivity index (χ3v) is 11.4. The number of benzene rings is 5. The second-order valence-corrected chi connectivity index (χ2v) is 18.0. The SMILES string of the molecule is COc1ccc(NC(=O)c2ccc(Cl)c(N=NC(C(C)=O)C(=O)Nc3ccc(NC(=O)C(N=Nc4cc(C(=O)Nc5ccc(OC)c(C(C)Cl)c5)ccc4Cl)C(C)=O)c(C(C)Cl)c3)c2)cc1C(C)Cl. The van der Waals surface area contributed by atoms with Gasteiger partial charge in [-0.05, 0) is 131 Å². The molecule has 0 saturated heterocycles. The first kappa shape index (κ1) is 53.5. The number of carbonyl (C=O) groups is 6. The van der Waals surface area contributed by atoms with E-state index in [-0.39, 0.29) is 43.9 Å². The number of amides is 4. The van der Waals surface area contributed by atoms with Crippen LogP contribution < -0.4 is 30.7 Å². The topological polar surface area (TPSA) is 218 Å². The Balaban J connectivity index is 1.28. The van der Waals surface area contributed by atoms with Crippen LogP contribution in [0, 0.1) is 0 Å². The minimum atomic E-state index is -1.65. The van der Waals surface area contributed by atoms with Crippen molar-refractivity contribution in [1.82, 2.24) is 0 Å². The van der Waals surface area contributed by atoms with E-state index in [1.54, 1.807) is 57.2 Å². The lowest BCUT2D eigenvalue weighted by atomic mass is 10.1. The fraction of sp³-hybridized carbons (Fsp3) is 0.250. The van der Waals surface area contributed by atoms with Crippen molar-refractivity contribution in [2.75, 3.05) is 35.5 Å². The van der Waals surface area contributed by atoms with Crippen molar-refractivity contribution in [2.24, 2.45) is 20.5 Å². The van der Waals surface area contributed by atoms with Gasteiger partial charge in [0.2, 0.25) is 12.1 Å². The summed E-state index contributed by atoms with van der Waals surface area (Å²) in [5.74, 6) is -2.97. The Morgan fingerprint density at radius 1 is 0.493 bits per heavy atom. The monoisotopic (exact) mass is 1040 g/mol. The standard InChI is InChI=1S/C48H45Cl5N8O8/c1-23(49)33-20-30(56-47(66)43(26(4)62)60-58-39-18-28(8-13-36(39)52)45(64)54-31-11-16-41(68-6)34(21-31)24(2)50)10-15-38(33)57-48(67)44(27(5)63)61-59-40-19-29(9-14-37(40)53)46(65)55-32-12-17-42(69-7)35(22-32)25(3)51/h8-25,43-44H,1-7H3,(H,54,64)(H,55,65)(H,56,66)(H,57,67). The Morgan fingerprint density at radius 2 is 0.870 bits per heavy atom. The molecule has 69 heavy (non-hydrogen) atoms. The number of ether oxygens (including phenoxy) is 2. The molecule has 0 heterocycles. The molecule has 5 unspecified atom stereocenters. The molecule has 0 aliphatic carbocycles. The van der Waals surface area contributed by atoms with E-state index in [4.69, 9.17) is 67.5 Å². The molecule has 5 aromatic rings. The highest BCUT2D eigenvalue weighted by Gasteiger charge is 2.27. The van der Waals surface area contributed by atoms with Crippen LogP contribution in [0.5, 0.6) is 11.5 Å². The molecule has 0 aliphatic rings. The first-order valence-electron chi connectivity index (χ1n) is 20.8. The number of azo groups is 2. The summed E-state index contributed by atoms with van der Waals surface area (Å²) >= 11 is 31.8. The van der Waals surface area contributed by atoms with Crippen molar-refractivity contribution in [3.8, 4) is 11.5 Å². The number of carbonyl (C=O) groups excluding carboxylic acids is 6. The van der Waals surface area contributed by atoms with Gasteiger partial charge in [0, 0.05) is 45.0 Å². The lowest BCUT2D eigenvalue weighted by Gasteiger charge is -2.17. The Kier molecular flexibility index (Phi) is 18.8. The summed E-state index contributed by atoms with van der Waals surface area (Å²) in [4.78, 5) is 78.9. The fourth-order valence-corrected chi connectivity index (χ4v) is 7.32. The Hall–Kier alpha value is -6.43. The Labute approximate surface area is 422 Å². The molecule has 0 saturated carbocycles. The first-order chi connectivity index (χ1) is 32.7. The number of methoxy groups -OCH3 is 2. The van der Waals surface area contributed by atoms with Crippen LogP contribution in [-0.2, 0) is 19.2 Å². The summed E-state index contributed by atoms with van der Waals surface area (Å²) in [5.41, 5.74) is 3.24. The highest BCUT2D eigenvalue weighted by molar-refractivity contribution is 6.33. The Bertz CT molecular complexity index is 2860. The van der Waals surface area contributed by atoms with E-state index in [0.717, 1.165) is 13.8 Å². The van der Waals surface area contributed by atoms with Crippen LogP contribution in [0.25, 0.3) is 0 Å². The number of alkyl halides is 3. The maximum Gasteiger partial charge on any atom is 0.258 e. The molecule has 0 fully saturated rings. The molecule has 5 rings (SSSR count). The van der Waals surface area contributed by atoms with Crippen LogP contribution in [0.1, 0.15) is 88.2 Å². The van der Waals surface area contributed by atoms with Gasteiger partial charge in [0.05, 0.1) is 40.4 Å². The predicted octanol–water partition coefficient (Wildman–Crippen LogP) is 12.8. The number of halogens is 5. The normalized spacial score (nSPS) is 13.4. The summed E-state index contributed by atoms with van der Waals surface area (Å²) in [6.45, 7) is 7.45. The Morgan fingerprint density at radius 3 is 1.26 bits per heavy atom. The van der Waals surface area contributed by atoms with E-state index in [0.29, 0.717) is 39.6 Å². The van der Waals surface area contributed by atoms with Crippen molar-refractivity contribution < 1.29 is 38.2 Å². The fourth-order valence-electron chi connectivity index (χ4n) is 6.49. The lowest BCUT2D eigenvalue weighted by molar-refractivity contribution is -0.127. The first-order valence-corrected chi connectivity index (χ1v) is 22.9. The summed E-state index contributed by atoms with van der Waals surface area (Å²) in [6.07, 6.45) is 0. The van der Waals surface area contributed by atoms with E-state index >= 15 is 0 Å². The largest absolute Gasteiger partial charge is 0.496 e. The van der Waals surface area contributed by atoms with Crippen molar-refractivity contribution in [1.29, 1.82) is 0 Å². The molecule has 0 aromatic heterocycles. The van der Waals surface area contributed by atoms with Crippen LogP contribution in [0.4, 0.5) is 34.1 Å². The maximum atomic E-state index is 13.6. The highest BCUT2D eigenvalue weighted by atomic mass is 35.5. The highest BCUT2D eigenvalue weighted by Crippen LogP contribution is 2.35. The van der Waals surface area contributed by atoms with Gasteiger partial charge in [-0.25, -0.2) is 0 Å². The van der Waals surface area contributed by atoms with Gasteiger partial charge in [-0.3, -0.25) is 28.8 Å². The minimum absolute atomic E-state index is 0.00742. The van der Waals surface area contributed by atoms with Gasteiger partial charge in [0.25, 0.3) is 23.6 Å². The molecule has 0 spiro atoms. The lowest BCUT2D eigenvalue weighted by Crippen LogP contribution is -2.32. The second-order valence-electron chi connectivity index (χ2n) is 15.2. The van der Waals surface area contributed by atoms with Crippen LogP contribution in [0.2, 0.25) is 10.0 Å². The average Bonchev–Trinajstić information content (AvgIpc) is 3.30. The zero-order chi connectivity index (χ0) is 50.7. The minimum Gasteiger partial charge on any atom is -0.496 e. The smallest absolute Gasteiger partial charge is 0.258 e. The number of hydrogen-bond acceptors (Lipinski definition) is 12. The molecule has 16 nitrogen and oxygen atoms in total. The molecule has 0 radical (unpaired) electrons. The average molecular weight is 1040 g/mol. The molecular formula is C48H45Cl5N8O8. The zero-order valence-corrected chi connectivity index (χ0v) is 41.8. The number of ketones is 2. The number of rotatable bonds is 19.